The molecule has 3 N–H and O–H groups in total. The highest BCUT2D eigenvalue weighted by Crippen LogP contribution is 2.10. The van der Waals surface area contributed by atoms with E-state index in [1.807, 2.05) is 0 Å². The smallest absolute Gasteiger partial charge is 0.257 e. The lowest BCUT2D eigenvalue weighted by Gasteiger charge is -2.05. The Kier molecular flexibility index (Phi) is 4.21. The van der Waals surface area contributed by atoms with Gasteiger partial charge in [-0.25, -0.2) is 0 Å². The molecule has 0 spiro atoms. The molecule has 0 bridgehead atoms. The predicted molar refractivity (Wildman–Crippen MR) is 72.4 cm³/mol. The molecule has 19 heavy (non-hydrogen) atoms. The SMILES string of the molecule is NCC#Cc1cnccc1C(=O)Nc1cccnc1. The summed E-state index contributed by atoms with van der Waals surface area (Å²) in [7, 11) is 0. The van der Waals surface area contributed by atoms with Crippen LogP contribution in [0, 0.1) is 11.8 Å². The zero-order valence-electron chi connectivity index (χ0n) is 10.1. The Labute approximate surface area is 110 Å². The van der Waals surface area contributed by atoms with Crippen LogP contribution in [0.1, 0.15) is 15.9 Å². The number of nitrogens with zero attached hydrogens (tertiary/aromatic N) is 2. The minimum absolute atomic E-state index is 0.235. The molecule has 0 saturated carbocycles. The standard InChI is InChI=1S/C14H12N4O/c15-6-1-3-11-9-17-8-5-13(11)14(19)18-12-4-2-7-16-10-12/h2,4-5,7-10H,6,15H2,(H,18,19). The van der Waals surface area contributed by atoms with Gasteiger partial charge in [0.2, 0.25) is 0 Å². The fourth-order valence-electron chi connectivity index (χ4n) is 1.47. The van der Waals surface area contributed by atoms with Crippen LogP contribution in [0.4, 0.5) is 5.69 Å². The second-order valence-corrected chi connectivity index (χ2v) is 3.62. The summed E-state index contributed by atoms with van der Waals surface area (Å²) >= 11 is 0. The number of nitrogens with one attached hydrogen (secondary N) is 1. The molecule has 2 heterocycles. The van der Waals surface area contributed by atoms with E-state index < -0.39 is 0 Å². The first kappa shape index (κ1) is 12.7. The Morgan fingerprint density at radius 3 is 2.84 bits per heavy atom. The Balaban J connectivity index is 2.24. The number of pyridine rings is 2. The third-order valence-corrected chi connectivity index (χ3v) is 2.31. The van der Waals surface area contributed by atoms with Crippen LogP contribution in [-0.2, 0) is 0 Å². The number of hydrogen-bond acceptors (Lipinski definition) is 4. The van der Waals surface area contributed by atoms with Crippen LogP contribution in [0.2, 0.25) is 0 Å². The first-order chi connectivity index (χ1) is 9.31. The lowest BCUT2D eigenvalue weighted by Crippen LogP contribution is -2.13. The summed E-state index contributed by atoms with van der Waals surface area (Å²) in [5, 5.41) is 2.75. The van der Waals surface area contributed by atoms with Crippen molar-refractivity contribution in [1.82, 2.24) is 9.97 Å². The average Bonchev–Trinajstić information content (AvgIpc) is 2.46. The maximum Gasteiger partial charge on any atom is 0.257 e. The summed E-state index contributed by atoms with van der Waals surface area (Å²) < 4.78 is 0. The Hall–Kier alpha value is -2.71. The van der Waals surface area contributed by atoms with Crippen molar-refractivity contribution in [2.24, 2.45) is 5.73 Å². The highest BCUT2D eigenvalue weighted by Gasteiger charge is 2.10. The average molecular weight is 252 g/mol. The molecule has 0 aromatic carbocycles. The maximum absolute atomic E-state index is 12.1. The summed E-state index contributed by atoms with van der Waals surface area (Å²) in [4.78, 5) is 20.0. The molecule has 1 amide bonds. The second kappa shape index (κ2) is 6.28. The summed E-state index contributed by atoms with van der Waals surface area (Å²) in [6.07, 6.45) is 6.30. The third kappa shape index (κ3) is 3.37. The van der Waals surface area contributed by atoms with Crippen LogP contribution in [0.25, 0.3) is 0 Å². The molecule has 94 valence electrons. The van der Waals surface area contributed by atoms with Gasteiger partial charge in [0.1, 0.15) is 0 Å². The fourth-order valence-corrected chi connectivity index (χ4v) is 1.47. The number of nitrogens with two attached hydrogens (primary N) is 1. The predicted octanol–water partition coefficient (Wildman–Crippen LogP) is 1.04. The first-order valence-corrected chi connectivity index (χ1v) is 5.65. The minimum atomic E-state index is -0.253. The molecule has 2 rings (SSSR count). The van der Waals surface area contributed by atoms with E-state index >= 15 is 0 Å². The lowest BCUT2D eigenvalue weighted by molar-refractivity contribution is 0.102. The van der Waals surface area contributed by atoms with Gasteiger partial charge in [-0.05, 0) is 18.2 Å². The molecule has 0 radical (unpaired) electrons. The van der Waals surface area contributed by atoms with E-state index in [-0.39, 0.29) is 12.5 Å². The van der Waals surface area contributed by atoms with Gasteiger partial charge in [-0.2, -0.15) is 0 Å². The number of aromatic nitrogens is 2. The van der Waals surface area contributed by atoms with Crippen molar-refractivity contribution in [3.63, 3.8) is 0 Å². The molecule has 5 heteroatoms. The molecule has 0 saturated heterocycles. The topological polar surface area (TPSA) is 80.9 Å². The van der Waals surface area contributed by atoms with Gasteiger partial charge in [-0.1, -0.05) is 11.8 Å². The number of hydrogen-bond donors (Lipinski definition) is 2. The molecule has 0 aliphatic carbocycles. The maximum atomic E-state index is 12.1. The van der Waals surface area contributed by atoms with E-state index in [0.29, 0.717) is 16.8 Å². The van der Waals surface area contributed by atoms with Crippen molar-refractivity contribution >= 4 is 11.6 Å². The van der Waals surface area contributed by atoms with E-state index in [2.05, 4.69) is 27.1 Å². The quantitative estimate of drug-likeness (QED) is 0.782. The molecule has 0 atom stereocenters. The van der Waals surface area contributed by atoms with Gasteiger partial charge in [0.05, 0.1) is 29.6 Å². The van der Waals surface area contributed by atoms with Crippen LogP contribution in [0.15, 0.2) is 43.0 Å². The second-order valence-electron chi connectivity index (χ2n) is 3.62. The lowest BCUT2D eigenvalue weighted by atomic mass is 10.1. The van der Waals surface area contributed by atoms with E-state index in [1.165, 1.54) is 0 Å². The summed E-state index contributed by atoms with van der Waals surface area (Å²) in [6.45, 7) is 0.235. The molecule has 0 unspecified atom stereocenters. The Morgan fingerprint density at radius 2 is 2.11 bits per heavy atom. The van der Waals surface area contributed by atoms with Crippen LogP contribution < -0.4 is 11.1 Å². The van der Waals surface area contributed by atoms with Crippen LogP contribution in [-0.4, -0.2) is 22.4 Å². The normalized spacial score (nSPS) is 9.32. The minimum Gasteiger partial charge on any atom is -0.321 e. The van der Waals surface area contributed by atoms with E-state index in [9.17, 15) is 4.79 Å². The molecule has 0 aliphatic heterocycles. The fraction of sp³-hybridized carbons (Fsp3) is 0.0714. The van der Waals surface area contributed by atoms with Crippen LogP contribution in [0.5, 0.6) is 0 Å². The summed E-state index contributed by atoms with van der Waals surface area (Å²) in [5.41, 5.74) is 6.96. The monoisotopic (exact) mass is 252 g/mol. The highest BCUT2D eigenvalue weighted by molar-refractivity contribution is 6.05. The van der Waals surface area contributed by atoms with Gasteiger partial charge in [0.15, 0.2) is 0 Å². The molecule has 0 fully saturated rings. The molecule has 2 aromatic rings. The van der Waals surface area contributed by atoms with Crippen molar-refractivity contribution < 1.29 is 4.79 Å². The van der Waals surface area contributed by atoms with Crippen molar-refractivity contribution in [3.8, 4) is 11.8 Å². The largest absolute Gasteiger partial charge is 0.321 e. The molecular weight excluding hydrogens is 240 g/mol. The number of rotatable bonds is 2. The van der Waals surface area contributed by atoms with Crippen LogP contribution in [0.3, 0.4) is 0 Å². The Bertz CT molecular complexity index is 629. The Morgan fingerprint density at radius 1 is 1.26 bits per heavy atom. The number of amides is 1. The van der Waals surface area contributed by atoms with Gasteiger partial charge >= 0.3 is 0 Å². The zero-order valence-corrected chi connectivity index (χ0v) is 10.1. The molecule has 2 aromatic heterocycles. The van der Waals surface area contributed by atoms with Gasteiger partial charge in [-0.3, -0.25) is 14.8 Å². The zero-order chi connectivity index (χ0) is 13.5. The molecular formula is C14H12N4O. The number of anilines is 1. The summed E-state index contributed by atoms with van der Waals surface area (Å²) in [5.74, 6) is 5.28. The van der Waals surface area contributed by atoms with E-state index in [4.69, 9.17) is 5.73 Å². The highest BCUT2D eigenvalue weighted by atomic mass is 16.1. The van der Waals surface area contributed by atoms with Crippen molar-refractivity contribution in [2.45, 2.75) is 0 Å². The number of carbonyl (C=O) groups is 1. The van der Waals surface area contributed by atoms with E-state index in [1.54, 1.807) is 43.0 Å². The van der Waals surface area contributed by atoms with Crippen LogP contribution >= 0.6 is 0 Å². The molecule has 0 aliphatic rings. The van der Waals surface area contributed by atoms with Crippen molar-refractivity contribution in [2.75, 3.05) is 11.9 Å². The van der Waals surface area contributed by atoms with Gasteiger partial charge in [0.25, 0.3) is 5.91 Å². The van der Waals surface area contributed by atoms with Gasteiger partial charge < -0.3 is 11.1 Å². The number of carbonyl (C=O) groups excluding carboxylic acids is 1. The van der Waals surface area contributed by atoms with E-state index in [0.717, 1.165) is 0 Å². The first-order valence-electron chi connectivity index (χ1n) is 5.65. The van der Waals surface area contributed by atoms with Gasteiger partial charge in [0, 0.05) is 18.6 Å². The molecule has 5 nitrogen and oxygen atoms in total. The van der Waals surface area contributed by atoms with Crippen molar-refractivity contribution in [3.05, 3.63) is 54.1 Å². The summed E-state index contributed by atoms with van der Waals surface area (Å²) in [6, 6.07) is 5.13. The van der Waals surface area contributed by atoms with Crippen molar-refractivity contribution in [1.29, 1.82) is 0 Å². The van der Waals surface area contributed by atoms with Gasteiger partial charge in [-0.15, -0.1) is 0 Å². The third-order valence-electron chi connectivity index (χ3n) is 2.31.